The molecule has 0 aliphatic heterocycles. The molecule has 0 fully saturated rings. The van der Waals surface area contributed by atoms with Crippen molar-refractivity contribution in [2.75, 3.05) is 11.9 Å². The summed E-state index contributed by atoms with van der Waals surface area (Å²) in [5.41, 5.74) is 2.43. The molecule has 0 saturated carbocycles. The maximum absolute atomic E-state index is 10.2. The first kappa shape index (κ1) is 20.4. The van der Waals surface area contributed by atoms with Gasteiger partial charge >= 0.3 is 0 Å². The third kappa shape index (κ3) is 5.55. The van der Waals surface area contributed by atoms with Gasteiger partial charge in [0, 0.05) is 17.6 Å². The number of fused-ring (bicyclic) bond motifs is 1. The second kappa shape index (κ2) is 10.9. The summed E-state index contributed by atoms with van der Waals surface area (Å²) in [6.45, 7) is 5.45. The van der Waals surface area contributed by atoms with Crippen LogP contribution in [0.5, 0.6) is 11.5 Å². The van der Waals surface area contributed by atoms with Crippen molar-refractivity contribution in [2.45, 2.75) is 78.1 Å². The summed E-state index contributed by atoms with van der Waals surface area (Å²) in [7, 11) is 0. The molecule has 144 valence electrons. The van der Waals surface area contributed by atoms with Gasteiger partial charge in [0.15, 0.2) is 11.5 Å². The van der Waals surface area contributed by atoms with Crippen LogP contribution in [0, 0.1) is 0 Å². The highest BCUT2D eigenvalue weighted by Crippen LogP contribution is 2.38. The van der Waals surface area contributed by atoms with Gasteiger partial charge in [0.25, 0.3) is 0 Å². The third-order valence-electron chi connectivity index (χ3n) is 5.14. The zero-order chi connectivity index (χ0) is 18.8. The zero-order valence-corrected chi connectivity index (χ0v) is 16.5. The minimum atomic E-state index is -0.0511. The number of anilines is 1. The van der Waals surface area contributed by atoms with Gasteiger partial charge in [-0.1, -0.05) is 64.9 Å². The van der Waals surface area contributed by atoms with Crippen molar-refractivity contribution in [2.24, 2.45) is 0 Å². The molecule has 26 heavy (non-hydrogen) atoms. The molecule has 0 aliphatic carbocycles. The number of phenolic OH excluding ortho intramolecular Hbond substituents is 2. The van der Waals surface area contributed by atoms with Crippen LogP contribution in [0.1, 0.15) is 77.2 Å². The molecule has 0 unspecified atom stereocenters. The van der Waals surface area contributed by atoms with E-state index in [1.807, 2.05) is 12.1 Å². The van der Waals surface area contributed by atoms with Crippen LogP contribution in [0.4, 0.5) is 5.69 Å². The molecule has 0 aliphatic rings. The Labute approximate surface area is 158 Å². The minimum Gasteiger partial charge on any atom is -0.504 e. The fourth-order valence-corrected chi connectivity index (χ4v) is 3.56. The summed E-state index contributed by atoms with van der Waals surface area (Å²) in [5.74, 6) is -0.0634. The topological polar surface area (TPSA) is 52.5 Å². The summed E-state index contributed by atoms with van der Waals surface area (Å²) in [6, 6.07) is 7.50. The van der Waals surface area contributed by atoms with E-state index in [1.54, 1.807) is 6.07 Å². The number of benzene rings is 2. The largest absolute Gasteiger partial charge is 0.504 e. The van der Waals surface area contributed by atoms with E-state index in [4.69, 9.17) is 0 Å². The van der Waals surface area contributed by atoms with Crippen molar-refractivity contribution in [3.05, 3.63) is 29.8 Å². The third-order valence-corrected chi connectivity index (χ3v) is 5.14. The van der Waals surface area contributed by atoms with E-state index in [0.717, 1.165) is 30.2 Å². The first-order valence-corrected chi connectivity index (χ1v) is 10.4. The zero-order valence-electron chi connectivity index (χ0n) is 16.5. The van der Waals surface area contributed by atoms with Crippen LogP contribution in [0.3, 0.4) is 0 Å². The number of nitrogens with one attached hydrogen (secondary N) is 1. The first-order valence-electron chi connectivity index (χ1n) is 10.4. The van der Waals surface area contributed by atoms with E-state index in [0.29, 0.717) is 0 Å². The number of aryl methyl sites for hydroxylation is 1. The Bertz CT molecular complexity index is 681. The molecule has 3 heteroatoms. The van der Waals surface area contributed by atoms with Gasteiger partial charge in [-0.3, -0.25) is 0 Å². The van der Waals surface area contributed by atoms with Crippen LogP contribution in [0.2, 0.25) is 0 Å². The van der Waals surface area contributed by atoms with E-state index in [-0.39, 0.29) is 11.5 Å². The first-order chi connectivity index (χ1) is 12.7. The summed E-state index contributed by atoms with van der Waals surface area (Å²) in [6.07, 6.45) is 12.3. The molecule has 0 heterocycles. The van der Waals surface area contributed by atoms with Crippen LogP contribution < -0.4 is 5.32 Å². The average molecular weight is 358 g/mol. The smallest absolute Gasteiger partial charge is 0.165 e. The lowest BCUT2D eigenvalue weighted by molar-refractivity contribution is 0.408. The standard InChI is InChI=1S/C23H35NO2/c1-3-5-7-8-9-11-17-24-21-15-13-20-18(14-16-22(25)23(20)26)19(21)12-10-6-4-2/h13-16,24-26H,3-12,17H2,1-2H3. The van der Waals surface area contributed by atoms with E-state index in [9.17, 15) is 10.2 Å². The van der Waals surface area contributed by atoms with Crippen molar-refractivity contribution in [1.29, 1.82) is 0 Å². The quantitative estimate of drug-likeness (QED) is 0.291. The fourth-order valence-electron chi connectivity index (χ4n) is 3.56. The van der Waals surface area contributed by atoms with Crippen molar-refractivity contribution in [3.63, 3.8) is 0 Å². The van der Waals surface area contributed by atoms with Gasteiger partial charge in [-0.2, -0.15) is 0 Å². The summed E-state index contributed by atoms with van der Waals surface area (Å²) in [5, 5.41) is 25.4. The van der Waals surface area contributed by atoms with Crippen LogP contribution in [0.25, 0.3) is 10.8 Å². The van der Waals surface area contributed by atoms with Crippen molar-refractivity contribution in [1.82, 2.24) is 0 Å². The highest BCUT2D eigenvalue weighted by molar-refractivity contribution is 5.95. The van der Waals surface area contributed by atoms with Gasteiger partial charge in [0.05, 0.1) is 0 Å². The Morgan fingerprint density at radius 2 is 1.38 bits per heavy atom. The Morgan fingerprint density at radius 3 is 2.15 bits per heavy atom. The van der Waals surface area contributed by atoms with E-state index >= 15 is 0 Å². The van der Waals surface area contributed by atoms with Crippen molar-refractivity contribution >= 4 is 16.5 Å². The molecule has 0 bridgehead atoms. The van der Waals surface area contributed by atoms with Crippen LogP contribution in [-0.2, 0) is 6.42 Å². The Morgan fingerprint density at radius 1 is 0.731 bits per heavy atom. The normalized spacial score (nSPS) is 11.2. The molecule has 0 spiro atoms. The second-order valence-corrected chi connectivity index (χ2v) is 7.27. The summed E-state index contributed by atoms with van der Waals surface area (Å²) < 4.78 is 0. The fraction of sp³-hybridized carbons (Fsp3) is 0.565. The Hall–Kier alpha value is -1.90. The van der Waals surface area contributed by atoms with Gasteiger partial charge in [-0.25, -0.2) is 0 Å². The summed E-state index contributed by atoms with van der Waals surface area (Å²) in [4.78, 5) is 0. The molecule has 2 aromatic rings. The Balaban J connectivity index is 2.09. The van der Waals surface area contributed by atoms with Gasteiger partial charge < -0.3 is 15.5 Å². The number of hydrogen-bond acceptors (Lipinski definition) is 3. The molecule has 0 radical (unpaired) electrons. The van der Waals surface area contributed by atoms with Crippen LogP contribution >= 0.6 is 0 Å². The monoisotopic (exact) mass is 357 g/mol. The predicted octanol–water partition coefficient (Wildman–Crippen LogP) is 6.76. The SMILES string of the molecule is CCCCCCCCNc1ccc2c(O)c(O)ccc2c1CCCCC. The molecule has 3 N–H and O–H groups in total. The molecule has 0 amide bonds. The number of hydrogen-bond donors (Lipinski definition) is 3. The van der Waals surface area contributed by atoms with Crippen molar-refractivity contribution in [3.8, 4) is 11.5 Å². The van der Waals surface area contributed by atoms with Crippen LogP contribution in [-0.4, -0.2) is 16.8 Å². The van der Waals surface area contributed by atoms with E-state index < -0.39 is 0 Å². The summed E-state index contributed by atoms with van der Waals surface area (Å²) >= 11 is 0. The molecular formula is C23H35NO2. The number of unbranched alkanes of at least 4 members (excludes halogenated alkanes) is 7. The molecule has 3 nitrogen and oxygen atoms in total. The minimum absolute atomic E-state index is 0.0123. The maximum Gasteiger partial charge on any atom is 0.165 e. The number of aromatic hydroxyl groups is 2. The molecule has 0 saturated heterocycles. The molecule has 0 aromatic heterocycles. The molecular weight excluding hydrogens is 322 g/mol. The number of rotatable bonds is 12. The maximum atomic E-state index is 10.2. The molecule has 0 atom stereocenters. The van der Waals surface area contributed by atoms with E-state index in [1.165, 1.54) is 62.6 Å². The molecule has 2 aromatic carbocycles. The lowest BCUT2D eigenvalue weighted by Crippen LogP contribution is -2.05. The average Bonchev–Trinajstić information content (AvgIpc) is 2.65. The second-order valence-electron chi connectivity index (χ2n) is 7.27. The predicted molar refractivity (Wildman–Crippen MR) is 112 cm³/mol. The lowest BCUT2D eigenvalue weighted by Gasteiger charge is -2.16. The number of phenols is 2. The van der Waals surface area contributed by atoms with Gasteiger partial charge in [-0.15, -0.1) is 0 Å². The molecule has 2 rings (SSSR count). The van der Waals surface area contributed by atoms with Gasteiger partial charge in [0.2, 0.25) is 0 Å². The Kier molecular flexibility index (Phi) is 8.60. The van der Waals surface area contributed by atoms with Gasteiger partial charge in [0.1, 0.15) is 0 Å². The highest BCUT2D eigenvalue weighted by Gasteiger charge is 2.12. The van der Waals surface area contributed by atoms with Crippen LogP contribution in [0.15, 0.2) is 24.3 Å². The van der Waals surface area contributed by atoms with Crippen molar-refractivity contribution < 1.29 is 10.2 Å². The van der Waals surface area contributed by atoms with E-state index in [2.05, 4.69) is 25.2 Å². The lowest BCUT2D eigenvalue weighted by atomic mass is 9.96. The van der Waals surface area contributed by atoms with Gasteiger partial charge in [-0.05, 0) is 48.4 Å². The highest BCUT2D eigenvalue weighted by atomic mass is 16.3.